The zero-order chi connectivity index (χ0) is 13.0. The summed E-state index contributed by atoms with van der Waals surface area (Å²) in [6.07, 6.45) is 3.89. The summed E-state index contributed by atoms with van der Waals surface area (Å²) in [7, 11) is 0. The molecular weight excluding hydrogens is 222 g/mol. The summed E-state index contributed by atoms with van der Waals surface area (Å²) in [5, 5.41) is 3.54. The van der Waals surface area contributed by atoms with Gasteiger partial charge in [0, 0.05) is 18.9 Å². The lowest BCUT2D eigenvalue weighted by Gasteiger charge is -2.20. The molecule has 18 heavy (non-hydrogen) atoms. The van der Waals surface area contributed by atoms with Crippen LogP contribution in [0.5, 0.6) is 0 Å². The second-order valence-electron chi connectivity index (χ2n) is 4.65. The Morgan fingerprint density at radius 1 is 1.22 bits per heavy atom. The SMILES string of the molecule is CCNC(Cn1ccnc1C)c1ccc(C)cc1. The normalized spacial score (nSPS) is 12.6. The number of aryl methyl sites for hydroxylation is 2. The van der Waals surface area contributed by atoms with Crippen molar-refractivity contribution in [3.8, 4) is 0 Å². The average molecular weight is 243 g/mol. The molecule has 0 saturated carbocycles. The van der Waals surface area contributed by atoms with Gasteiger partial charge in [0.25, 0.3) is 0 Å². The molecule has 96 valence electrons. The Morgan fingerprint density at radius 2 is 1.94 bits per heavy atom. The van der Waals surface area contributed by atoms with Gasteiger partial charge in [-0.15, -0.1) is 0 Å². The van der Waals surface area contributed by atoms with E-state index in [9.17, 15) is 0 Å². The molecule has 3 nitrogen and oxygen atoms in total. The van der Waals surface area contributed by atoms with Crippen molar-refractivity contribution in [1.29, 1.82) is 0 Å². The van der Waals surface area contributed by atoms with Gasteiger partial charge < -0.3 is 9.88 Å². The van der Waals surface area contributed by atoms with E-state index in [1.807, 2.05) is 19.3 Å². The monoisotopic (exact) mass is 243 g/mol. The standard InChI is InChI=1S/C15H21N3/c1-4-16-15(11-18-10-9-17-13(18)3)14-7-5-12(2)6-8-14/h5-10,15-16H,4,11H2,1-3H3. The third-order valence-electron chi connectivity index (χ3n) is 3.23. The first-order valence-electron chi connectivity index (χ1n) is 6.48. The highest BCUT2D eigenvalue weighted by Gasteiger charge is 2.11. The zero-order valence-corrected chi connectivity index (χ0v) is 11.4. The van der Waals surface area contributed by atoms with Crippen LogP contribution in [0.4, 0.5) is 0 Å². The molecule has 1 aromatic heterocycles. The summed E-state index contributed by atoms with van der Waals surface area (Å²) < 4.78 is 2.19. The van der Waals surface area contributed by atoms with E-state index in [2.05, 4.69) is 53.0 Å². The predicted octanol–water partition coefficient (Wildman–Crippen LogP) is 2.85. The van der Waals surface area contributed by atoms with E-state index in [1.165, 1.54) is 11.1 Å². The molecule has 2 aromatic rings. The van der Waals surface area contributed by atoms with Crippen LogP contribution in [-0.2, 0) is 6.54 Å². The number of hydrogen-bond donors (Lipinski definition) is 1. The first-order chi connectivity index (χ1) is 8.70. The molecule has 1 heterocycles. The van der Waals surface area contributed by atoms with Crippen LogP contribution in [0.25, 0.3) is 0 Å². The maximum Gasteiger partial charge on any atom is 0.105 e. The predicted molar refractivity (Wildman–Crippen MR) is 74.6 cm³/mol. The molecule has 0 amide bonds. The lowest BCUT2D eigenvalue weighted by atomic mass is 10.0. The Bertz CT molecular complexity index is 485. The second-order valence-corrected chi connectivity index (χ2v) is 4.65. The summed E-state index contributed by atoms with van der Waals surface area (Å²) in [5.74, 6) is 1.06. The third kappa shape index (κ3) is 2.99. The van der Waals surface area contributed by atoms with Gasteiger partial charge in [0.05, 0.1) is 6.04 Å². The number of rotatable bonds is 5. The fourth-order valence-electron chi connectivity index (χ4n) is 2.13. The largest absolute Gasteiger partial charge is 0.333 e. The molecule has 0 aliphatic carbocycles. The van der Waals surface area contributed by atoms with Gasteiger partial charge in [-0.05, 0) is 26.0 Å². The van der Waals surface area contributed by atoms with Gasteiger partial charge in [0.1, 0.15) is 5.82 Å². The molecule has 0 aliphatic rings. The van der Waals surface area contributed by atoms with Gasteiger partial charge >= 0.3 is 0 Å². The molecule has 0 bridgehead atoms. The minimum Gasteiger partial charge on any atom is -0.333 e. The van der Waals surface area contributed by atoms with Crippen LogP contribution in [0.15, 0.2) is 36.7 Å². The first kappa shape index (κ1) is 12.8. The van der Waals surface area contributed by atoms with E-state index in [-0.39, 0.29) is 0 Å². The van der Waals surface area contributed by atoms with Gasteiger partial charge in [-0.1, -0.05) is 36.8 Å². The van der Waals surface area contributed by atoms with E-state index in [0.717, 1.165) is 18.9 Å². The van der Waals surface area contributed by atoms with Gasteiger partial charge in [-0.2, -0.15) is 0 Å². The van der Waals surface area contributed by atoms with Gasteiger partial charge in [-0.25, -0.2) is 4.98 Å². The molecule has 2 rings (SSSR count). The molecule has 0 spiro atoms. The Balaban J connectivity index is 2.18. The highest BCUT2D eigenvalue weighted by atomic mass is 15.1. The lowest BCUT2D eigenvalue weighted by molar-refractivity contribution is 0.469. The van der Waals surface area contributed by atoms with Crippen LogP contribution in [0.1, 0.15) is 29.9 Å². The maximum absolute atomic E-state index is 4.27. The number of nitrogens with one attached hydrogen (secondary N) is 1. The molecule has 0 radical (unpaired) electrons. The van der Waals surface area contributed by atoms with Crippen LogP contribution in [0.2, 0.25) is 0 Å². The highest BCUT2D eigenvalue weighted by molar-refractivity contribution is 5.24. The third-order valence-corrected chi connectivity index (χ3v) is 3.23. The molecule has 0 aliphatic heterocycles. The van der Waals surface area contributed by atoms with Crippen molar-refractivity contribution >= 4 is 0 Å². The zero-order valence-electron chi connectivity index (χ0n) is 11.4. The van der Waals surface area contributed by atoms with Crippen LogP contribution in [-0.4, -0.2) is 16.1 Å². The number of benzene rings is 1. The van der Waals surface area contributed by atoms with E-state index < -0.39 is 0 Å². The summed E-state index contributed by atoms with van der Waals surface area (Å²) >= 11 is 0. The van der Waals surface area contributed by atoms with Crippen LogP contribution >= 0.6 is 0 Å². The summed E-state index contributed by atoms with van der Waals surface area (Å²) in [6.45, 7) is 8.18. The Labute approximate surface area is 109 Å². The minimum absolute atomic E-state index is 0.337. The van der Waals surface area contributed by atoms with Crippen LogP contribution < -0.4 is 5.32 Å². The molecule has 3 heteroatoms. The number of hydrogen-bond acceptors (Lipinski definition) is 2. The Morgan fingerprint density at radius 3 is 2.50 bits per heavy atom. The van der Waals surface area contributed by atoms with Crippen molar-refractivity contribution < 1.29 is 0 Å². The van der Waals surface area contributed by atoms with Crippen molar-refractivity contribution in [3.05, 3.63) is 53.6 Å². The molecule has 0 saturated heterocycles. The van der Waals surface area contributed by atoms with Gasteiger partial charge in [0.2, 0.25) is 0 Å². The van der Waals surface area contributed by atoms with Crippen molar-refractivity contribution in [2.75, 3.05) is 6.54 Å². The van der Waals surface area contributed by atoms with Gasteiger partial charge in [0.15, 0.2) is 0 Å². The number of imidazole rings is 1. The Kier molecular flexibility index (Phi) is 4.15. The van der Waals surface area contributed by atoms with Crippen LogP contribution in [0, 0.1) is 13.8 Å². The smallest absolute Gasteiger partial charge is 0.105 e. The van der Waals surface area contributed by atoms with E-state index in [4.69, 9.17) is 0 Å². The number of aromatic nitrogens is 2. The molecular formula is C15H21N3. The second kappa shape index (κ2) is 5.83. The fourth-order valence-corrected chi connectivity index (χ4v) is 2.13. The van der Waals surface area contributed by atoms with Crippen molar-refractivity contribution in [3.63, 3.8) is 0 Å². The van der Waals surface area contributed by atoms with Gasteiger partial charge in [-0.3, -0.25) is 0 Å². The maximum atomic E-state index is 4.27. The quantitative estimate of drug-likeness (QED) is 0.875. The summed E-state index contributed by atoms with van der Waals surface area (Å²) in [5.41, 5.74) is 2.63. The molecule has 1 aromatic carbocycles. The Hall–Kier alpha value is -1.61. The van der Waals surface area contributed by atoms with Crippen molar-refractivity contribution in [2.24, 2.45) is 0 Å². The minimum atomic E-state index is 0.337. The summed E-state index contributed by atoms with van der Waals surface area (Å²) in [6, 6.07) is 9.08. The first-order valence-corrected chi connectivity index (χ1v) is 6.48. The highest BCUT2D eigenvalue weighted by Crippen LogP contribution is 2.16. The number of likely N-dealkylation sites (N-methyl/N-ethyl adjacent to an activating group) is 1. The molecule has 1 unspecified atom stereocenters. The lowest BCUT2D eigenvalue weighted by Crippen LogP contribution is -2.25. The topological polar surface area (TPSA) is 29.9 Å². The number of nitrogens with zero attached hydrogens (tertiary/aromatic N) is 2. The van der Waals surface area contributed by atoms with Crippen molar-refractivity contribution in [2.45, 2.75) is 33.4 Å². The van der Waals surface area contributed by atoms with E-state index in [1.54, 1.807) is 0 Å². The van der Waals surface area contributed by atoms with E-state index in [0.29, 0.717) is 6.04 Å². The van der Waals surface area contributed by atoms with Crippen molar-refractivity contribution in [1.82, 2.24) is 14.9 Å². The van der Waals surface area contributed by atoms with Crippen LogP contribution in [0.3, 0.4) is 0 Å². The van der Waals surface area contributed by atoms with E-state index >= 15 is 0 Å². The summed E-state index contributed by atoms with van der Waals surface area (Å²) in [4.78, 5) is 4.27. The molecule has 1 atom stereocenters. The fraction of sp³-hybridized carbons (Fsp3) is 0.400. The molecule has 1 N–H and O–H groups in total. The molecule has 0 fully saturated rings. The average Bonchev–Trinajstić information content (AvgIpc) is 2.76.